The molecule has 0 bridgehead atoms. The van der Waals surface area contributed by atoms with E-state index in [0.717, 1.165) is 22.4 Å². The molecule has 0 aliphatic carbocycles. The van der Waals surface area contributed by atoms with E-state index < -0.39 is 17.8 Å². The van der Waals surface area contributed by atoms with E-state index in [-0.39, 0.29) is 23.8 Å². The zero-order valence-corrected chi connectivity index (χ0v) is 16.8. The highest BCUT2D eigenvalue weighted by Gasteiger charge is 2.24. The van der Waals surface area contributed by atoms with Crippen molar-refractivity contribution in [3.05, 3.63) is 77.6 Å². The van der Waals surface area contributed by atoms with Crippen molar-refractivity contribution in [3.8, 4) is 6.07 Å². The summed E-state index contributed by atoms with van der Waals surface area (Å²) >= 11 is 0. The van der Waals surface area contributed by atoms with Crippen molar-refractivity contribution in [3.63, 3.8) is 0 Å². The number of nitrogens with one attached hydrogen (secondary N) is 2. The minimum absolute atomic E-state index is 0.149. The summed E-state index contributed by atoms with van der Waals surface area (Å²) in [6.45, 7) is 3.65. The molecule has 0 heterocycles. The monoisotopic (exact) mass is 403 g/mol. The fraction of sp³-hybridized carbons (Fsp3) is 0.208. The van der Waals surface area contributed by atoms with Crippen LogP contribution in [0.1, 0.15) is 25.0 Å². The standard InChI is InChI=1S/C24H22FN3O2/c1-15(2)23(24(30)27-20-9-10-21(25)19(13-20)14-26)28-22(29)12-16-7-8-17-5-3-4-6-18(17)11-16/h3-11,13,15,23H,12H2,1-2H3,(H,27,30)(H,28,29)/t23-/m1/s1. The number of hydrogen-bond donors (Lipinski definition) is 2. The molecule has 0 aliphatic rings. The summed E-state index contributed by atoms with van der Waals surface area (Å²) in [6, 6.07) is 18.4. The maximum Gasteiger partial charge on any atom is 0.247 e. The summed E-state index contributed by atoms with van der Waals surface area (Å²) in [5, 5.41) is 16.5. The molecule has 6 heteroatoms. The number of carbonyl (C=O) groups is 2. The van der Waals surface area contributed by atoms with Crippen LogP contribution in [-0.4, -0.2) is 17.9 Å². The number of nitriles is 1. The molecule has 3 rings (SSSR count). The molecular formula is C24H22FN3O2. The van der Waals surface area contributed by atoms with Crippen LogP contribution in [0, 0.1) is 23.1 Å². The van der Waals surface area contributed by atoms with Gasteiger partial charge in [0, 0.05) is 5.69 Å². The molecule has 3 aromatic carbocycles. The molecule has 0 unspecified atom stereocenters. The third kappa shape index (κ3) is 5.00. The first kappa shape index (κ1) is 21.0. The van der Waals surface area contributed by atoms with E-state index in [9.17, 15) is 14.0 Å². The fourth-order valence-electron chi connectivity index (χ4n) is 3.20. The Morgan fingerprint density at radius 3 is 2.47 bits per heavy atom. The molecule has 0 spiro atoms. The quantitative estimate of drug-likeness (QED) is 0.648. The van der Waals surface area contributed by atoms with Crippen LogP contribution >= 0.6 is 0 Å². The van der Waals surface area contributed by atoms with Crippen molar-refractivity contribution < 1.29 is 14.0 Å². The van der Waals surface area contributed by atoms with Gasteiger partial charge in [0.15, 0.2) is 0 Å². The molecule has 0 aliphatic heterocycles. The van der Waals surface area contributed by atoms with Crippen molar-refractivity contribution >= 4 is 28.3 Å². The van der Waals surface area contributed by atoms with Crippen LogP contribution in [0.4, 0.5) is 10.1 Å². The molecule has 2 N–H and O–H groups in total. The van der Waals surface area contributed by atoms with Crippen molar-refractivity contribution in [1.82, 2.24) is 5.32 Å². The number of carbonyl (C=O) groups excluding carboxylic acids is 2. The topological polar surface area (TPSA) is 82.0 Å². The minimum Gasteiger partial charge on any atom is -0.344 e. The highest BCUT2D eigenvalue weighted by atomic mass is 19.1. The van der Waals surface area contributed by atoms with E-state index in [4.69, 9.17) is 5.26 Å². The average molecular weight is 403 g/mol. The zero-order chi connectivity index (χ0) is 21.7. The summed E-state index contributed by atoms with van der Waals surface area (Å²) in [5.74, 6) is -1.51. The van der Waals surface area contributed by atoms with Crippen molar-refractivity contribution in [2.45, 2.75) is 26.3 Å². The first-order valence-corrected chi connectivity index (χ1v) is 9.65. The highest BCUT2D eigenvalue weighted by Crippen LogP contribution is 2.17. The molecule has 152 valence electrons. The van der Waals surface area contributed by atoms with E-state index in [2.05, 4.69) is 10.6 Å². The molecular weight excluding hydrogens is 381 g/mol. The van der Waals surface area contributed by atoms with Crippen molar-refractivity contribution in [2.24, 2.45) is 5.92 Å². The second kappa shape index (κ2) is 9.19. The van der Waals surface area contributed by atoms with Gasteiger partial charge in [0.2, 0.25) is 11.8 Å². The molecule has 0 saturated heterocycles. The van der Waals surface area contributed by atoms with Crippen LogP contribution in [0.3, 0.4) is 0 Å². The van der Waals surface area contributed by atoms with E-state index in [1.54, 1.807) is 6.07 Å². The van der Waals surface area contributed by atoms with Gasteiger partial charge in [-0.25, -0.2) is 4.39 Å². The molecule has 0 fully saturated rings. The maximum absolute atomic E-state index is 13.5. The molecule has 5 nitrogen and oxygen atoms in total. The Morgan fingerprint density at radius 2 is 1.77 bits per heavy atom. The summed E-state index contributed by atoms with van der Waals surface area (Å²) < 4.78 is 13.5. The van der Waals surface area contributed by atoms with Crippen LogP contribution in [0.2, 0.25) is 0 Å². The zero-order valence-electron chi connectivity index (χ0n) is 16.8. The number of fused-ring (bicyclic) bond motifs is 1. The Bertz CT molecular complexity index is 1130. The lowest BCUT2D eigenvalue weighted by Crippen LogP contribution is -2.47. The molecule has 1 atom stereocenters. The molecule has 2 amide bonds. The summed E-state index contributed by atoms with van der Waals surface area (Å²) in [5.41, 5.74) is 0.993. The van der Waals surface area contributed by atoms with Crippen LogP contribution in [-0.2, 0) is 16.0 Å². The van der Waals surface area contributed by atoms with Crippen LogP contribution < -0.4 is 10.6 Å². The first-order chi connectivity index (χ1) is 14.4. The highest BCUT2D eigenvalue weighted by molar-refractivity contribution is 5.97. The third-order valence-electron chi connectivity index (χ3n) is 4.80. The number of nitrogens with zero attached hydrogens (tertiary/aromatic N) is 1. The Kier molecular flexibility index (Phi) is 6.43. The van der Waals surface area contributed by atoms with E-state index >= 15 is 0 Å². The molecule has 0 radical (unpaired) electrons. The van der Waals surface area contributed by atoms with E-state index in [1.165, 1.54) is 12.1 Å². The van der Waals surface area contributed by atoms with Gasteiger partial charge < -0.3 is 10.6 Å². The van der Waals surface area contributed by atoms with Crippen LogP contribution in [0.25, 0.3) is 10.8 Å². The number of hydrogen-bond acceptors (Lipinski definition) is 3. The van der Waals surface area contributed by atoms with Gasteiger partial charge in [-0.2, -0.15) is 5.26 Å². The molecule has 30 heavy (non-hydrogen) atoms. The SMILES string of the molecule is CC(C)[C@@H](NC(=O)Cc1ccc2ccccc2c1)C(=O)Nc1ccc(F)c(C#N)c1. The van der Waals surface area contributed by atoms with Gasteiger partial charge in [-0.15, -0.1) is 0 Å². The third-order valence-corrected chi connectivity index (χ3v) is 4.80. The van der Waals surface area contributed by atoms with E-state index in [0.29, 0.717) is 5.69 Å². The summed E-state index contributed by atoms with van der Waals surface area (Å²) in [4.78, 5) is 25.3. The van der Waals surface area contributed by atoms with Gasteiger partial charge in [-0.1, -0.05) is 56.3 Å². The van der Waals surface area contributed by atoms with Crippen molar-refractivity contribution in [2.75, 3.05) is 5.32 Å². The summed E-state index contributed by atoms with van der Waals surface area (Å²) in [7, 11) is 0. The van der Waals surface area contributed by atoms with Crippen LogP contribution in [0.15, 0.2) is 60.7 Å². The van der Waals surface area contributed by atoms with Gasteiger partial charge in [0.1, 0.15) is 17.9 Å². The second-order valence-electron chi connectivity index (χ2n) is 7.44. The predicted octanol–water partition coefficient (Wildman–Crippen LogP) is 4.17. The minimum atomic E-state index is -0.770. The van der Waals surface area contributed by atoms with Crippen molar-refractivity contribution in [1.29, 1.82) is 5.26 Å². The lowest BCUT2D eigenvalue weighted by molar-refractivity contribution is -0.127. The predicted molar refractivity (Wildman–Crippen MR) is 114 cm³/mol. The van der Waals surface area contributed by atoms with Gasteiger partial charge >= 0.3 is 0 Å². The van der Waals surface area contributed by atoms with Gasteiger partial charge in [0.05, 0.1) is 12.0 Å². The average Bonchev–Trinajstić information content (AvgIpc) is 2.73. The number of benzene rings is 3. The Hall–Kier alpha value is -3.72. The Labute approximate surface area is 174 Å². The van der Waals surface area contributed by atoms with Gasteiger partial charge in [0.25, 0.3) is 0 Å². The lowest BCUT2D eigenvalue weighted by Gasteiger charge is -2.22. The molecule has 3 aromatic rings. The summed E-state index contributed by atoms with van der Waals surface area (Å²) in [6.07, 6.45) is 0.149. The van der Waals surface area contributed by atoms with E-state index in [1.807, 2.05) is 56.3 Å². The van der Waals surface area contributed by atoms with Crippen LogP contribution in [0.5, 0.6) is 0 Å². The Balaban J connectivity index is 1.68. The normalized spacial score (nSPS) is 11.7. The molecule has 0 saturated carbocycles. The number of amides is 2. The second-order valence-corrected chi connectivity index (χ2v) is 7.44. The number of halogens is 1. The first-order valence-electron chi connectivity index (χ1n) is 9.65. The lowest BCUT2D eigenvalue weighted by atomic mass is 10.0. The largest absolute Gasteiger partial charge is 0.344 e. The van der Waals surface area contributed by atoms with Gasteiger partial charge in [-0.05, 0) is 40.5 Å². The fourth-order valence-corrected chi connectivity index (χ4v) is 3.20. The number of rotatable bonds is 6. The van der Waals surface area contributed by atoms with Gasteiger partial charge in [-0.3, -0.25) is 9.59 Å². The molecule has 0 aromatic heterocycles. The smallest absolute Gasteiger partial charge is 0.247 e. The maximum atomic E-state index is 13.5. The Morgan fingerprint density at radius 1 is 1.03 bits per heavy atom. The number of anilines is 1.